The predicted octanol–water partition coefficient (Wildman–Crippen LogP) is 6.62. The van der Waals surface area contributed by atoms with Gasteiger partial charge in [0.25, 0.3) is 5.91 Å². The molecule has 5 heteroatoms. The standard InChI is InChI=1S/C22H19N3O2.2C2H6/c1-15-13-18(27-2)10-11-19(15)22(26)23-17-8-6-16(7-9-17)20-14-25-12-4-3-5-21(25)24-20;2*1-2/h3-14H,1-2H3,(H,23,26);2*1-2H3. The number of hydrogen-bond acceptors (Lipinski definition) is 3. The van der Waals surface area contributed by atoms with Crippen LogP contribution in [0.1, 0.15) is 43.6 Å². The van der Waals surface area contributed by atoms with E-state index in [2.05, 4.69) is 10.3 Å². The van der Waals surface area contributed by atoms with Crippen molar-refractivity contribution in [3.05, 3.63) is 84.2 Å². The van der Waals surface area contributed by atoms with Gasteiger partial charge in [0.2, 0.25) is 0 Å². The zero-order chi connectivity index (χ0) is 22.8. The molecule has 0 fully saturated rings. The topological polar surface area (TPSA) is 55.6 Å². The number of amides is 1. The molecule has 2 heterocycles. The number of aromatic nitrogens is 2. The smallest absolute Gasteiger partial charge is 0.255 e. The molecule has 4 rings (SSSR count). The van der Waals surface area contributed by atoms with Crippen LogP contribution in [0.5, 0.6) is 5.75 Å². The average Bonchev–Trinajstić information content (AvgIpc) is 3.26. The van der Waals surface area contributed by atoms with Crippen LogP contribution >= 0.6 is 0 Å². The number of nitrogens with one attached hydrogen (secondary N) is 1. The van der Waals surface area contributed by atoms with Crippen LogP contribution in [0, 0.1) is 6.92 Å². The molecule has 2 aromatic heterocycles. The van der Waals surface area contributed by atoms with Gasteiger partial charge >= 0.3 is 0 Å². The summed E-state index contributed by atoms with van der Waals surface area (Å²) in [5.74, 6) is 0.594. The maximum atomic E-state index is 12.5. The van der Waals surface area contributed by atoms with Crippen molar-refractivity contribution in [2.75, 3.05) is 12.4 Å². The van der Waals surface area contributed by atoms with Crippen LogP contribution in [0.25, 0.3) is 16.9 Å². The zero-order valence-corrected chi connectivity index (χ0v) is 19.1. The first-order valence-electron chi connectivity index (χ1n) is 10.6. The molecule has 0 atom stereocenters. The maximum Gasteiger partial charge on any atom is 0.255 e. The van der Waals surface area contributed by atoms with Crippen LogP contribution in [-0.4, -0.2) is 22.4 Å². The number of carbonyl (C=O) groups excluding carboxylic acids is 1. The number of imidazole rings is 1. The second kappa shape index (κ2) is 11.6. The van der Waals surface area contributed by atoms with Gasteiger partial charge in [0.05, 0.1) is 12.8 Å². The van der Waals surface area contributed by atoms with Gasteiger partial charge < -0.3 is 14.5 Å². The summed E-state index contributed by atoms with van der Waals surface area (Å²) < 4.78 is 7.17. The van der Waals surface area contributed by atoms with Gasteiger partial charge in [-0.15, -0.1) is 0 Å². The molecule has 5 nitrogen and oxygen atoms in total. The first kappa shape index (κ1) is 23.7. The van der Waals surface area contributed by atoms with Crippen LogP contribution < -0.4 is 10.1 Å². The largest absolute Gasteiger partial charge is 0.497 e. The number of ether oxygens (including phenoxy) is 1. The summed E-state index contributed by atoms with van der Waals surface area (Å²) in [6.45, 7) is 9.89. The number of fused-ring (bicyclic) bond motifs is 1. The molecule has 0 radical (unpaired) electrons. The molecule has 31 heavy (non-hydrogen) atoms. The van der Waals surface area contributed by atoms with Gasteiger partial charge in [-0.05, 0) is 55.0 Å². The molecule has 0 bridgehead atoms. The van der Waals surface area contributed by atoms with Crippen molar-refractivity contribution in [2.24, 2.45) is 0 Å². The summed E-state index contributed by atoms with van der Waals surface area (Å²) in [6.07, 6.45) is 3.96. The second-order valence-corrected chi connectivity index (χ2v) is 6.30. The maximum absolute atomic E-state index is 12.5. The number of anilines is 1. The Morgan fingerprint density at radius 2 is 1.68 bits per heavy atom. The van der Waals surface area contributed by atoms with Crippen molar-refractivity contribution in [3.8, 4) is 17.0 Å². The number of methoxy groups -OCH3 is 1. The Morgan fingerprint density at radius 3 is 2.29 bits per heavy atom. The lowest BCUT2D eigenvalue weighted by atomic mass is 10.1. The normalized spacial score (nSPS) is 9.74. The Bertz CT molecular complexity index is 1080. The Labute approximate surface area is 184 Å². The number of rotatable bonds is 4. The van der Waals surface area contributed by atoms with Crippen LogP contribution in [0.3, 0.4) is 0 Å². The van der Waals surface area contributed by atoms with Crippen molar-refractivity contribution in [1.29, 1.82) is 0 Å². The number of benzene rings is 2. The minimum absolute atomic E-state index is 0.143. The molecule has 0 unspecified atom stereocenters. The molecule has 0 aliphatic rings. The van der Waals surface area contributed by atoms with Gasteiger partial charge in [-0.2, -0.15) is 0 Å². The minimum Gasteiger partial charge on any atom is -0.497 e. The van der Waals surface area contributed by atoms with Gasteiger partial charge in [0.15, 0.2) is 0 Å². The lowest BCUT2D eigenvalue weighted by Crippen LogP contribution is -2.13. The molecule has 1 amide bonds. The average molecular weight is 418 g/mol. The number of aryl methyl sites for hydroxylation is 1. The number of hydrogen-bond donors (Lipinski definition) is 1. The van der Waals surface area contributed by atoms with E-state index >= 15 is 0 Å². The quantitative estimate of drug-likeness (QED) is 0.406. The van der Waals surface area contributed by atoms with Gasteiger partial charge in [0, 0.05) is 29.2 Å². The van der Waals surface area contributed by atoms with E-state index in [9.17, 15) is 4.79 Å². The molecule has 0 aliphatic carbocycles. The summed E-state index contributed by atoms with van der Waals surface area (Å²) in [5.41, 5.74) is 5.03. The first-order chi connectivity index (χ1) is 15.1. The van der Waals surface area contributed by atoms with E-state index < -0.39 is 0 Å². The van der Waals surface area contributed by atoms with Crippen LogP contribution in [0.4, 0.5) is 5.69 Å². The van der Waals surface area contributed by atoms with Crippen LogP contribution in [0.15, 0.2) is 73.1 Å². The summed E-state index contributed by atoms with van der Waals surface area (Å²) >= 11 is 0. The van der Waals surface area contributed by atoms with E-state index in [1.54, 1.807) is 19.2 Å². The van der Waals surface area contributed by atoms with Crippen molar-refractivity contribution in [1.82, 2.24) is 9.38 Å². The third-order valence-electron chi connectivity index (χ3n) is 4.48. The summed E-state index contributed by atoms with van der Waals surface area (Å²) in [7, 11) is 1.61. The molecular weight excluding hydrogens is 386 g/mol. The molecule has 4 aromatic rings. The predicted molar refractivity (Wildman–Crippen MR) is 129 cm³/mol. The minimum atomic E-state index is -0.143. The first-order valence-corrected chi connectivity index (χ1v) is 10.6. The summed E-state index contributed by atoms with van der Waals surface area (Å²) in [6, 6.07) is 19.0. The van der Waals surface area contributed by atoms with Gasteiger partial charge in [-0.25, -0.2) is 4.98 Å². The molecule has 1 N–H and O–H groups in total. The van der Waals surface area contributed by atoms with E-state index in [4.69, 9.17) is 4.74 Å². The third-order valence-corrected chi connectivity index (χ3v) is 4.48. The summed E-state index contributed by atoms with van der Waals surface area (Å²) in [5, 5.41) is 2.94. The third kappa shape index (κ3) is 5.72. The highest BCUT2D eigenvalue weighted by Gasteiger charge is 2.11. The van der Waals surface area contributed by atoms with Crippen LogP contribution in [0.2, 0.25) is 0 Å². The molecule has 162 valence electrons. The van der Waals surface area contributed by atoms with E-state index in [0.717, 1.165) is 33.9 Å². The van der Waals surface area contributed by atoms with E-state index in [-0.39, 0.29) is 5.91 Å². The Morgan fingerprint density at radius 1 is 0.968 bits per heavy atom. The fraction of sp³-hybridized carbons (Fsp3) is 0.231. The molecule has 0 saturated heterocycles. The van der Waals surface area contributed by atoms with Gasteiger partial charge in [-0.1, -0.05) is 45.9 Å². The molecule has 0 spiro atoms. The second-order valence-electron chi connectivity index (χ2n) is 6.30. The fourth-order valence-corrected chi connectivity index (χ4v) is 3.01. The van der Waals surface area contributed by atoms with E-state index in [1.165, 1.54) is 0 Å². The number of nitrogens with zero attached hydrogens (tertiary/aromatic N) is 2. The molecule has 0 saturated carbocycles. The van der Waals surface area contributed by atoms with Crippen molar-refractivity contribution in [2.45, 2.75) is 34.6 Å². The molecule has 2 aromatic carbocycles. The fourth-order valence-electron chi connectivity index (χ4n) is 3.01. The Balaban J connectivity index is 0.000000807. The van der Waals surface area contributed by atoms with Crippen molar-refractivity contribution in [3.63, 3.8) is 0 Å². The van der Waals surface area contributed by atoms with Crippen molar-refractivity contribution < 1.29 is 9.53 Å². The monoisotopic (exact) mass is 417 g/mol. The van der Waals surface area contributed by atoms with E-state index in [0.29, 0.717) is 5.56 Å². The lowest BCUT2D eigenvalue weighted by molar-refractivity contribution is 0.102. The highest BCUT2D eigenvalue weighted by Crippen LogP contribution is 2.22. The molecule has 0 aliphatic heterocycles. The summed E-state index contributed by atoms with van der Waals surface area (Å²) in [4.78, 5) is 17.2. The van der Waals surface area contributed by atoms with Gasteiger partial charge in [-0.3, -0.25) is 4.79 Å². The van der Waals surface area contributed by atoms with E-state index in [1.807, 2.05) is 99.9 Å². The van der Waals surface area contributed by atoms with Crippen LogP contribution in [-0.2, 0) is 0 Å². The zero-order valence-electron chi connectivity index (χ0n) is 19.1. The van der Waals surface area contributed by atoms with Crippen molar-refractivity contribution >= 4 is 17.2 Å². The number of pyridine rings is 1. The lowest BCUT2D eigenvalue weighted by Gasteiger charge is -2.09. The highest BCUT2D eigenvalue weighted by atomic mass is 16.5. The Kier molecular flexibility index (Phi) is 8.82. The Hall–Kier alpha value is -3.60. The van der Waals surface area contributed by atoms with Gasteiger partial charge in [0.1, 0.15) is 11.4 Å². The number of carbonyl (C=O) groups is 1. The highest BCUT2D eigenvalue weighted by molar-refractivity contribution is 6.05. The molecular formula is C26H31N3O2. The SMILES string of the molecule is CC.CC.COc1ccc(C(=O)Nc2ccc(-c3cn4ccccc4n3)cc2)c(C)c1.